The standard InChI is InChI=1S/C30H29N3O4S/c1-22-12-11-15-25(20-22)33(38(36,37)26-16-7-4-8-17-26)21-29(34)32-28-19-10-9-18-27(28)30(35)31-23(2)24-13-5-3-6-14-24/h3-20,23H,21H2,1-2H3,(H,31,35)(H,32,34)/t23-/m1/s1. The van der Waals surface area contributed by atoms with Crippen LogP contribution in [-0.2, 0) is 14.8 Å². The van der Waals surface area contributed by atoms with Crippen molar-refractivity contribution in [3.8, 4) is 0 Å². The molecule has 0 unspecified atom stereocenters. The van der Waals surface area contributed by atoms with Crippen LogP contribution in [0.25, 0.3) is 0 Å². The fraction of sp³-hybridized carbons (Fsp3) is 0.133. The molecule has 0 spiro atoms. The molecule has 0 aromatic heterocycles. The highest BCUT2D eigenvalue weighted by molar-refractivity contribution is 7.92. The summed E-state index contributed by atoms with van der Waals surface area (Å²) >= 11 is 0. The van der Waals surface area contributed by atoms with E-state index in [2.05, 4.69) is 10.6 Å². The van der Waals surface area contributed by atoms with Gasteiger partial charge in [-0.15, -0.1) is 0 Å². The van der Waals surface area contributed by atoms with Crippen molar-refractivity contribution in [2.75, 3.05) is 16.2 Å². The van der Waals surface area contributed by atoms with E-state index in [9.17, 15) is 18.0 Å². The highest BCUT2D eigenvalue weighted by Gasteiger charge is 2.27. The Morgan fingerprint density at radius 2 is 1.45 bits per heavy atom. The lowest BCUT2D eigenvalue weighted by molar-refractivity contribution is -0.114. The van der Waals surface area contributed by atoms with Gasteiger partial charge in [0.25, 0.3) is 15.9 Å². The Kier molecular flexibility index (Phi) is 8.23. The summed E-state index contributed by atoms with van der Waals surface area (Å²) in [5.74, 6) is -0.938. The number of para-hydroxylation sites is 1. The Balaban J connectivity index is 1.57. The van der Waals surface area contributed by atoms with Crippen LogP contribution in [0, 0.1) is 6.92 Å². The third-order valence-corrected chi connectivity index (χ3v) is 7.79. The number of nitrogens with one attached hydrogen (secondary N) is 2. The van der Waals surface area contributed by atoms with E-state index < -0.39 is 22.5 Å². The summed E-state index contributed by atoms with van der Waals surface area (Å²) in [7, 11) is -4.04. The molecule has 0 aliphatic heterocycles. The fourth-order valence-electron chi connectivity index (χ4n) is 4.03. The van der Waals surface area contributed by atoms with Crippen LogP contribution in [-0.4, -0.2) is 26.8 Å². The lowest BCUT2D eigenvalue weighted by Crippen LogP contribution is -2.38. The van der Waals surface area contributed by atoms with Crippen molar-refractivity contribution in [1.82, 2.24) is 5.32 Å². The Labute approximate surface area is 223 Å². The van der Waals surface area contributed by atoms with Crippen molar-refractivity contribution < 1.29 is 18.0 Å². The number of carbonyl (C=O) groups excluding carboxylic acids is 2. The zero-order chi connectivity index (χ0) is 27.1. The van der Waals surface area contributed by atoms with E-state index in [0.29, 0.717) is 5.69 Å². The van der Waals surface area contributed by atoms with Crippen LogP contribution in [0.4, 0.5) is 11.4 Å². The van der Waals surface area contributed by atoms with Gasteiger partial charge in [-0.3, -0.25) is 13.9 Å². The molecule has 2 amide bonds. The number of sulfonamides is 1. The van der Waals surface area contributed by atoms with Gasteiger partial charge in [0.2, 0.25) is 5.91 Å². The van der Waals surface area contributed by atoms with Gasteiger partial charge in [-0.2, -0.15) is 0 Å². The van der Waals surface area contributed by atoms with Gasteiger partial charge in [-0.05, 0) is 61.4 Å². The van der Waals surface area contributed by atoms with Gasteiger partial charge in [0.1, 0.15) is 6.54 Å². The van der Waals surface area contributed by atoms with E-state index in [-0.39, 0.29) is 28.1 Å². The number of benzene rings is 4. The molecule has 4 aromatic carbocycles. The van der Waals surface area contributed by atoms with Crippen LogP contribution in [0.5, 0.6) is 0 Å². The van der Waals surface area contributed by atoms with E-state index >= 15 is 0 Å². The Morgan fingerprint density at radius 3 is 2.13 bits per heavy atom. The summed E-state index contributed by atoms with van der Waals surface area (Å²) in [5, 5.41) is 5.69. The first-order valence-corrected chi connectivity index (χ1v) is 13.6. The molecule has 0 fully saturated rings. The van der Waals surface area contributed by atoms with Crippen LogP contribution >= 0.6 is 0 Å². The zero-order valence-electron chi connectivity index (χ0n) is 21.2. The van der Waals surface area contributed by atoms with E-state index in [1.807, 2.05) is 50.2 Å². The Morgan fingerprint density at radius 1 is 0.816 bits per heavy atom. The molecule has 8 heteroatoms. The maximum absolute atomic E-state index is 13.5. The molecule has 4 rings (SSSR count). The minimum absolute atomic E-state index is 0.0731. The van der Waals surface area contributed by atoms with Crippen molar-refractivity contribution in [2.45, 2.75) is 24.8 Å². The van der Waals surface area contributed by atoms with Crippen LogP contribution in [0.3, 0.4) is 0 Å². The number of rotatable bonds is 9. The Bertz CT molecular complexity index is 1520. The summed E-state index contributed by atoms with van der Waals surface area (Å²) in [6, 6.07) is 30.8. The molecule has 0 aliphatic rings. The van der Waals surface area contributed by atoms with Crippen molar-refractivity contribution in [1.29, 1.82) is 0 Å². The third-order valence-electron chi connectivity index (χ3n) is 6.00. The maximum atomic E-state index is 13.5. The van der Waals surface area contributed by atoms with E-state index in [1.54, 1.807) is 60.7 Å². The average molecular weight is 528 g/mol. The van der Waals surface area contributed by atoms with E-state index in [4.69, 9.17) is 0 Å². The summed E-state index contributed by atoms with van der Waals surface area (Å²) in [6.07, 6.45) is 0. The number of amides is 2. The fourth-order valence-corrected chi connectivity index (χ4v) is 5.46. The first kappa shape index (κ1) is 26.6. The van der Waals surface area contributed by atoms with E-state index in [0.717, 1.165) is 15.4 Å². The normalized spacial score (nSPS) is 11.8. The molecule has 194 valence electrons. The number of aryl methyl sites for hydroxylation is 1. The van der Waals surface area contributed by atoms with Gasteiger partial charge in [-0.25, -0.2) is 8.42 Å². The van der Waals surface area contributed by atoms with Gasteiger partial charge in [-0.1, -0.05) is 72.8 Å². The van der Waals surface area contributed by atoms with E-state index in [1.165, 1.54) is 12.1 Å². The summed E-state index contributed by atoms with van der Waals surface area (Å²) in [4.78, 5) is 26.4. The van der Waals surface area contributed by atoms with Crippen LogP contribution < -0.4 is 14.9 Å². The van der Waals surface area contributed by atoms with Gasteiger partial charge in [0.05, 0.1) is 27.9 Å². The molecule has 0 saturated carbocycles. The number of hydrogen-bond donors (Lipinski definition) is 2. The molecule has 0 aliphatic carbocycles. The number of hydrogen-bond acceptors (Lipinski definition) is 4. The second kappa shape index (κ2) is 11.7. The highest BCUT2D eigenvalue weighted by atomic mass is 32.2. The quantitative estimate of drug-likeness (QED) is 0.308. The number of anilines is 2. The third kappa shape index (κ3) is 6.27. The number of nitrogens with zero attached hydrogens (tertiary/aromatic N) is 1. The summed E-state index contributed by atoms with van der Waals surface area (Å²) < 4.78 is 28.2. The molecule has 0 bridgehead atoms. The molecular weight excluding hydrogens is 498 g/mol. The molecular formula is C30H29N3O4S. The minimum atomic E-state index is -4.04. The molecule has 0 heterocycles. The summed E-state index contributed by atoms with van der Waals surface area (Å²) in [5.41, 5.74) is 2.73. The first-order valence-electron chi connectivity index (χ1n) is 12.1. The maximum Gasteiger partial charge on any atom is 0.264 e. The molecule has 38 heavy (non-hydrogen) atoms. The van der Waals surface area contributed by atoms with Crippen LogP contribution in [0.2, 0.25) is 0 Å². The van der Waals surface area contributed by atoms with Gasteiger partial charge in [0.15, 0.2) is 0 Å². The zero-order valence-corrected chi connectivity index (χ0v) is 22.0. The SMILES string of the molecule is Cc1cccc(N(CC(=O)Nc2ccccc2C(=O)N[C@H](C)c2ccccc2)S(=O)(=O)c2ccccc2)c1. The summed E-state index contributed by atoms with van der Waals surface area (Å²) in [6.45, 7) is 3.25. The monoisotopic (exact) mass is 527 g/mol. The second-order valence-corrected chi connectivity index (χ2v) is 10.7. The molecule has 0 radical (unpaired) electrons. The van der Waals surface area contributed by atoms with Gasteiger partial charge >= 0.3 is 0 Å². The Hall–Kier alpha value is -4.43. The van der Waals surface area contributed by atoms with Crippen molar-refractivity contribution in [3.63, 3.8) is 0 Å². The van der Waals surface area contributed by atoms with Crippen molar-refractivity contribution in [3.05, 3.63) is 126 Å². The van der Waals surface area contributed by atoms with Crippen LogP contribution in [0.15, 0.2) is 114 Å². The van der Waals surface area contributed by atoms with Crippen LogP contribution in [0.1, 0.15) is 34.5 Å². The molecule has 2 N–H and O–H groups in total. The lowest BCUT2D eigenvalue weighted by Gasteiger charge is -2.24. The largest absolute Gasteiger partial charge is 0.345 e. The van der Waals surface area contributed by atoms with Crippen molar-refractivity contribution >= 4 is 33.2 Å². The van der Waals surface area contributed by atoms with Gasteiger partial charge < -0.3 is 10.6 Å². The highest BCUT2D eigenvalue weighted by Crippen LogP contribution is 2.25. The topological polar surface area (TPSA) is 95.6 Å². The smallest absolute Gasteiger partial charge is 0.264 e. The molecule has 7 nitrogen and oxygen atoms in total. The lowest BCUT2D eigenvalue weighted by atomic mass is 10.1. The van der Waals surface area contributed by atoms with Gasteiger partial charge in [0, 0.05) is 0 Å². The molecule has 1 atom stereocenters. The number of carbonyl (C=O) groups is 2. The predicted molar refractivity (Wildman–Crippen MR) is 150 cm³/mol. The minimum Gasteiger partial charge on any atom is -0.345 e. The van der Waals surface area contributed by atoms with Crippen molar-refractivity contribution in [2.24, 2.45) is 0 Å². The first-order chi connectivity index (χ1) is 18.3. The molecule has 0 saturated heterocycles. The molecule has 4 aromatic rings. The second-order valence-electron chi connectivity index (χ2n) is 8.86. The predicted octanol–water partition coefficient (Wildman–Crippen LogP) is 5.32. The average Bonchev–Trinajstić information content (AvgIpc) is 2.93.